The fourth-order valence-corrected chi connectivity index (χ4v) is 10.6. The molecular formula is C41H55Ac2NO9. The number of aliphatic hydroxyl groups is 3. The minimum Gasteiger partial charge on any atom is -0.389 e. The van der Waals surface area contributed by atoms with Crippen LogP contribution in [0.2, 0.25) is 0 Å². The van der Waals surface area contributed by atoms with Crippen molar-refractivity contribution in [3.05, 3.63) is 82.9 Å². The summed E-state index contributed by atoms with van der Waals surface area (Å²) in [4.78, 5) is 33.9. The van der Waals surface area contributed by atoms with Gasteiger partial charge in [-0.15, -0.1) is 0 Å². The summed E-state index contributed by atoms with van der Waals surface area (Å²) in [6, 6.07) is 17.3. The molecule has 1 aliphatic heterocycles. The van der Waals surface area contributed by atoms with E-state index in [1.54, 1.807) is 24.3 Å². The number of carbonyl (C=O) groups is 2. The number of rotatable bonds is 9. The maximum Gasteiger partial charge on any atom is 0.251 e. The van der Waals surface area contributed by atoms with Crippen LogP contribution in [0.3, 0.4) is 0 Å². The van der Waals surface area contributed by atoms with Gasteiger partial charge in [0.05, 0.1) is 30.5 Å². The van der Waals surface area contributed by atoms with Crippen LogP contribution in [0.5, 0.6) is 0 Å². The summed E-state index contributed by atoms with van der Waals surface area (Å²) >= 11 is 0. The molecule has 2 bridgehead atoms. The Morgan fingerprint density at radius 3 is 2.09 bits per heavy atom. The van der Waals surface area contributed by atoms with E-state index in [4.69, 9.17) is 14.4 Å². The van der Waals surface area contributed by atoms with E-state index in [9.17, 15) is 30.2 Å². The van der Waals surface area contributed by atoms with Crippen molar-refractivity contribution < 1.29 is 133 Å². The molecule has 5 N–H and O–H groups in total. The Bertz CT molecular complexity index is 1660. The van der Waals surface area contributed by atoms with Crippen LogP contribution in [0.1, 0.15) is 90.2 Å². The first-order valence-corrected chi connectivity index (χ1v) is 18.3. The summed E-state index contributed by atoms with van der Waals surface area (Å²) in [6.07, 6.45) is -4.13. The van der Waals surface area contributed by atoms with Crippen molar-refractivity contribution in [2.24, 2.45) is 34.5 Å². The van der Waals surface area contributed by atoms with Gasteiger partial charge in [-0.25, -0.2) is 4.89 Å². The van der Waals surface area contributed by atoms with E-state index in [2.05, 4.69) is 5.32 Å². The number of hydrogen-bond donors (Lipinski definition) is 5. The summed E-state index contributed by atoms with van der Waals surface area (Å²) in [5.41, 5.74) is -3.15. The van der Waals surface area contributed by atoms with Gasteiger partial charge in [0, 0.05) is 116 Å². The van der Waals surface area contributed by atoms with Crippen LogP contribution in [-0.4, -0.2) is 80.6 Å². The zero-order chi connectivity index (χ0) is 37.3. The quantitative estimate of drug-likeness (QED) is 0.128. The third kappa shape index (κ3) is 7.44. The third-order valence-electron chi connectivity index (χ3n) is 13.5. The molecule has 2 aromatic rings. The number of hydrogen-bond acceptors (Lipinski definition) is 9. The summed E-state index contributed by atoms with van der Waals surface area (Å²) in [5, 5.41) is 51.8. The zero-order valence-corrected chi connectivity index (χ0v) is 41.6. The fraction of sp³-hybridized carbons (Fsp3) is 0.610. The van der Waals surface area contributed by atoms with Crippen molar-refractivity contribution >= 4 is 11.7 Å². The van der Waals surface area contributed by atoms with Crippen molar-refractivity contribution in [2.45, 2.75) is 116 Å². The molecule has 10 nitrogen and oxygen atoms in total. The van der Waals surface area contributed by atoms with E-state index in [1.165, 1.54) is 0 Å². The molecule has 53 heavy (non-hydrogen) atoms. The first-order valence-electron chi connectivity index (χ1n) is 18.3. The Labute approximate surface area is 385 Å². The van der Waals surface area contributed by atoms with E-state index >= 15 is 0 Å². The standard InChI is InChI=1S/C41H55NO9.2Ac/c1-22(2)50-34(31(26-15-11-9-12-16-26)42-37(45)27-17-13-10-14-18-27)33(51-48)28-20-41(47)25(5)35-39(8,23(3)19-29-40(35,46)21-49-29)36(44)32(43)30(24(28)4)38(41,6)7;;/h9-18,22-23,25,28-29,31-35,43,46-48H,19-21H2,1-8H3,(H,42,45);;/t23?,25?,28?,29?,31?,32?,33?,34?,35?,39-,40?,41?;;/m1../s1. The summed E-state index contributed by atoms with van der Waals surface area (Å²) in [6.45, 7) is 14.9. The number of nitrogens with one attached hydrogen (secondary N) is 1. The smallest absolute Gasteiger partial charge is 0.251 e. The second-order valence-electron chi connectivity index (χ2n) is 16.6. The molecule has 4 aliphatic rings. The molecule has 284 valence electrons. The van der Waals surface area contributed by atoms with E-state index < -0.39 is 76.0 Å². The second kappa shape index (κ2) is 17.0. The maximum atomic E-state index is 14.8. The molecule has 12 atom stereocenters. The number of ketones is 1. The minimum atomic E-state index is -1.61. The number of benzene rings is 2. The molecule has 1 saturated heterocycles. The van der Waals surface area contributed by atoms with Crippen molar-refractivity contribution in [3.8, 4) is 0 Å². The van der Waals surface area contributed by atoms with Gasteiger partial charge in [-0.3, -0.25) is 14.8 Å². The largest absolute Gasteiger partial charge is 0.389 e. The molecule has 12 heteroatoms. The van der Waals surface area contributed by atoms with Gasteiger partial charge in [0.15, 0.2) is 5.78 Å². The van der Waals surface area contributed by atoms with Gasteiger partial charge in [-0.1, -0.05) is 88.7 Å². The SMILES string of the molecule is CC1=C2C(O)C(=O)[C@]3(C)C(C)CC4OCC4(O)C3C(C)C(O)(CC1C(OO)C(OC(C)C)C(NC(=O)c1ccccc1)c1ccccc1)C2(C)C.[Ac].[Ac]. The average Bonchev–Trinajstić information content (AvgIpc) is 3.09. The van der Waals surface area contributed by atoms with Crippen molar-refractivity contribution in [1.82, 2.24) is 5.32 Å². The number of aliphatic hydroxyl groups excluding tert-OH is 1. The molecule has 0 spiro atoms. The predicted octanol–water partition coefficient (Wildman–Crippen LogP) is 5.28. The molecule has 11 unspecified atom stereocenters. The van der Waals surface area contributed by atoms with Crippen LogP contribution in [0.25, 0.3) is 0 Å². The molecule has 0 aromatic heterocycles. The monoisotopic (exact) mass is 1160 g/mol. The van der Waals surface area contributed by atoms with Gasteiger partial charge in [0.1, 0.15) is 23.9 Å². The van der Waals surface area contributed by atoms with Crippen molar-refractivity contribution in [1.29, 1.82) is 0 Å². The van der Waals surface area contributed by atoms with Crippen LogP contribution in [0.15, 0.2) is 71.8 Å². The molecule has 2 aromatic carbocycles. The van der Waals surface area contributed by atoms with E-state index in [0.29, 0.717) is 28.7 Å². The first-order chi connectivity index (χ1) is 23.9. The minimum absolute atomic E-state index is 0. The second-order valence-corrected chi connectivity index (χ2v) is 16.6. The first kappa shape index (κ1) is 45.6. The molecular weight excluding hydrogens is 1100 g/mol. The number of fused-ring (bicyclic) bond motifs is 5. The Morgan fingerprint density at radius 2 is 1.57 bits per heavy atom. The zero-order valence-electron chi connectivity index (χ0n) is 32.2. The number of carbonyl (C=O) groups excluding carboxylic acids is 2. The molecule has 1 amide bonds. The van der Waals surface area contributed by atoms with Crippen molar-refractivity contribution in [2.75, 3.05) is 6.61 Å². The van der Waals surface area contributed by atoms with Crippen LogP contribution in [0.4, 0.5) is 0 Å². The van der Waals surface area contributed by atoms with E-state index in [1.807, 2.05) is 91.8 Å². The summed E-state index contributed by atoms with van der Waals surface area (Å²) < 4.78 is 12.4. The van der Waals surface area contributed by atoms with Gasteiger partial charge in [0.2, 0.25) is 0 Å². The molecule has 3 aliphatic carbocycles. The molecule has 2 saturated carbocycles. The Morgan fingerprint density at radius 1 is 0.981 bits per heavy atom. The fourth-order valence-electron chi connectivity index (χ4n) is 10.6. The normalized spacial score (nSPS) is 36.2. The molecule has 2 radical (unpaired) electrons. The van der Waals surface area contributed by atoms with Gasteiger partial charge in [-0.05, 0) is 68.7 Å². The van der Waals surface area contributed by atoms with Gasteiger partial charge in [0.25, 0.3) is 5.91 Å². The Kier molecular flexibility index (Phi) is 14.7. The number of Topliss-reactive ketones (excluding diaryl/α,β-unsaturated/α-hetero) is 1. The third-order valence-corrected chi connectivity index (χ3v) is 13.5. The molecule has 6 rings (SSSR count). The predicted molar refractivity (Wildman–Crippen MR) is 190 cm³/mol. The molecule has 3 fully saturated rings. The summed E-state index contributed by atoms with van der Waals surface area (Å²) in [7, 11) is 0. The Balaban J connectivity index is 0.00000314. The van der Waals surface area contributed by atoms with Gasteiger partial charge < -0.3 is 30.1 Å². The van der Waals surface area contributed by atoms with E-state index in [-0.39, 0.29) is 119 Å². The Hall–Kier alpha value is -0.0769. The van der Waals surface area contributed by atoms with E-state index in [0.717, 1.165) is 0 Å². The van der Waals surface area contributed by atoms with Gasteiger partial charge in [-0.2, -0.15) is 0 Å². The van der Waals surface area contributed by atoms with Crippen LogP contribution in [-0.2, 0) is 19.2 Å². The average molecular weight is 1160 g/mol. The number of ether oxygens (including phenoxy) is 2. The van der Waals surface area contributed by atoms with Gasteiger partial charge >= 0.3 is 0 Å². The summed E-state index contributed by atoms with van der Waals surface area (Å²) in [5.74, 6) is -3.18. The van der Waals surface area contributed by atoms with Crippen molar-refractivity contribution in [3.63, 3.8) is 0 Å². The van der Waals surface area contributed by atoms with Crippen LogP contribution in [0, 0.1) is 123 Å². The topological polar surface area (TPSA) is 155 Å². The maximum absolute atomic E-state index is 14.8. The molecule has 1 heterocycles. The number of amides is 1. The van der Waals surface area contributed by atoms with Crippen LogP contribution < -0.4 is 5.32 Å². The van der Waals surface area contributed by atoms with Crippen LogP contribution >= 0.6 is 0 Å².